The van der Waals surface area contributed by atoms with Gasteiger partial charge in [-0.25, -0.2) is 19.2 Å². The van der Waals surface area contributed by atoms with Crippen molar-refractivity contribution in [3.8, 4) is 0 Å². The zero-order valence-electron chi connectivity index (χ0n) is 12.6. The van der Waals surface area contributed by atoms with Gasteiger partial charge in [0, 0.05) is 11.4 Å². The molecule has 2 aromatic rings. The van der Waals surface area contributed by atoms with Crippen LogP contribution in [0.5, 0.6) is 0 Å². The van der Waals surface area contributed by atoms with Crippen molar-refractivity contribution in [3.05, 3.63) is 29.2 Å². The van der Waals surface area contributed by atoms with E-state index in [1.807, 2.05) is 0 Å². The van der Waals surface area contributed by atoms with E-state index in [4.69, 9.17) is 0 Å². The Morgan fingerprint density at radius 2 is 2.04 bits per heavy atom. The van der Waals surface area contributed by atoms with E-state index in [1.165, 1.54) is 6.92 Å². The van der Waals surface area contributed by atoms with Crippen molar-refractivity contribution in [2.24, 2.45) is 0 Å². The lowest BCUT2D eigenvalue weighted by Gasteiger charge is -2.13. The third-order valence-electron chi connectivity index (χ3n) is 3.44. The molecule has 1 aliphatic carbocycles. The van der Waals surface area contributed by atoms with Crippen molar-refractivity contribution in [2.75, 3.05) is 11.9 Å². The number of anilines is 1. The molecule has 1 aliphatic rings. The summed E-state index contributed by atoms with van der Waals surface area (Å²) in [5, 5.41) is 2.78. The summed E-state index contributed by atoms with van der Waals surface area (Å²) in [4.78, 5) is 19.0. The molecule has 0 radical (unpaired) electrons. The number of ether oxygens (including phenoxy) is 1. The zero-order chi connectivity index (χ0) is 17.5. The van der Waals surface area contributed by atoms with Gasteiger partial charge >= 0.3 is 12.1 Å². The largest absolute Gasteiger partial charge is 0.462 e. The minimum absolute atomic E-state index is 0.00935. The molecule has 0 aromatic carbocycles. The molecule has 9 heteroatoms. The van der Waals surface area contributed by atoms with Gasteiger partial charge in [-0.3, -0.25) is 0 Å². The van der Waals surface area contributed by atoms with Gasteiger partial charge in [-0.2, -0.15) is 13.2 Å². The molecule has 0 unspecified atom stereocenters. The number of pyridine rings is 2. The van der Waals surface area contributed by atoms with Crippen LogP contribution in [-0.2, 0) is 10.9 Å². The van der Waals surface area contributed by atoms with Crippen LogP contribution < -0.4 is 5.32 Å². The van der Waals surface area contributed by atoms with Gasteiger partial charge in [0.2, 0.25) is 0 Å². The highest BCUT2D eigenvalue weighted by atomic mass is 19.4. The summed E-state index contributed by atoms with van der Waals surface area (Å²) in [5.41, 5.74) is -2.45. The summed E-state index contributed by atoms with van der Waals surface area (Å²) >= 11 is 0. The molecule has 0 spiro atoms. The molecule has 0 amide bonds. The van der Waals surface area contributed by atoms with Gasteiger partial charge in [-0.1, -0.05) is 0 Å². The molecule has 24 heavy (non-hydrogen) atoms. The predicted molar refractivity (Wildman–Crippen MR) is 77.1 cm³/mol. The minimum Gasteiger partial charge on any atom is -0.462 e. The zero-order valence-corrected chi connectivity index (χ0v) is 12.6. The molecule has 2 heterocycles. The number of fused-ring (bicyclic) bond motifs is 1. The summed E-state index contributed by atoms with van der Waals surface area (Å²) in [6.07, 6.45) is -3.17. The van der Waals surface area contributed by atoms with Crippen molar-refractivity contribution in [2.45, 2.75) is 32.0 Å². The van der Waals surface area contributed by atoms with Crippen LogP contribution in [0.3, 0.4) is 0 Å². The van der Waals surface area contributed by atoms with Gasteiger partial charge in [0.25, 0.3) is 0 Å². The Morgan fingerprint density at radius 3 is 2.62 bits per heavy atom. The number of esters is 1. The van der Waals surface area contributed by atoms with Gasteiger partial charge in [0.05, 0.1) is 12.2 Å². The van der Waals surface area contributed by atoms with Crippen LogP contribution in [0.15, 0.2) is 12.1 Å². The number of nitrogens with one attached hydrogen (secondary N) is 1. The molecule has 0 aliphatic heterocycles. The Balaban J connectivity index is 2.14. The maximum Gasteiger partial charge on any atom is 0.434 e. The highest BCUT2D eigenvalue weighted by Gasteiger charge is 2.38. The van der Waals surface area contributed by atoms with E-state index in [-0.39, 0.29) is 29.5 Å². The topological polar surface area (TPSA) is 64.1 Å². The van der Waals surface area contributed by atoms with E-state index >= 15 is 0 Å². The van der Waals surface area contributed by atoms with Crippen LogP contribution in [0.1, 0.15) is 35.8 Å². The number of alkyl halides is 3. The molecule has 0 saturated heterocycles. The van der Waals surface area contributed by atoms with Crippen LogP contribution in [-0.4, -0.2) is 28.6 Å². The minimum atomic E-state index is -4.86. The van der Waals surface area contributed by atoms with E-state index in [9.17, 15) is 22.4 Å². The fourth-order valence-electron chi connectivity index (χ4n) is 2.18. The van der Waals surface area contributed by atoms with Crippen molar-refractivity contribution < 1.29 is 27.1 Å². The number of carbonyl (C=O) groups is 1. The lowest BCUT2D eigenvalue weighted by Crippen LogP contribution is -2.18. The second-order valence-electron chi connectivity index (χ2n) is 5.39. The number of hydrogen-bond donors (Lipinski definition) is 1. The van der Waals surface area contributed by atoms with E-state index in [2.05, 4.69) is 20.0 Å². The highest BCUT2D eigenvalue weighted by Crippen LogP contribution is 2.33. The second-order valence-corrected chi connectivity index (χ2v) is 5.39. The number of carbonyl (C=O) groups excluding carboxylic acids is 1. The monoisotopic (exact) mass is 343 g/mol. The lowest BCUT2D eigenvalue weighted by molar-refractivity contribution is -0.141. The Bertz CT molecular complexity index is 803. The number of aromatic nitrogens is 2. The smallest absolute Gasteiger partial charge is 0.434 e. The second kappa shape index (κ2) is 5.88. The molecule has 1 N–H and O–H groups in total. The van der Waals surface area contributed by atoms with Gasteiger partial charge in [0.1, 0.15) is 0 Å². The Labute approximate surface area is 134 Å². The van der Waals surface area contributed by atoms with Crippen molar-refractivity contribution in [3.63, 3.8) is 0 Å². The quantitative estimate of drug-likeness (QED) is 0.680. The van der Waals surface area contributed by atoms with E-state index in [0.717, 1.165) is 25.0 Å². The van der Waals surface area contributed by atoms with Gasteiger partial charge < -0.3 is 10.1 Å². The Hall–Kier alpha value is -2.45. The first-order valence-corrected chi connectivity index (χ1v) is 7.31. The normalized spacial score (nSPS) is 14.7. The predicted octanol–water partition coefficient (Wildman–Crippen LogP) is 3.54. The van der Waals surface area contributed by atoms with E-state index < -0.39 is 29.2 Å². The van der Waals surface area contributed by atoms with E-state index in [0.29, 0.717) is 0 Å². The summed E-state index contributed by atoms with van der Waals surface area (Å²) in [6, 6.07) is 1.98. The van der Waals surface area contributed by atoms with Crippen LogP contribution in [0, 0.1) is 5.82 Å². The molecule has 5 nitrogen and oxygen atoms in total. The fourth-order valence-corrected chi connectivity index (χ4v) is 2.18. The van der Waals surface area contributed by atoms with Crippen LogP contribution >= 0.6 is 0 Å². The molecule has 2 aromatic heterocycles. The summed E-state index contributed by atoms with van der Waals surface area (Å²) in [7, 11) is 0. The molecule has 3 rings (SSSR count). The molecule has 0 atom stereocenters. The first kappa shape index (κ1) is 16.4. The molecule has 1 saturated carbocycles. The van der Waals surface area contributed by atoms with Crippen molar-refractivity contribution in [1.82, 2.24) is 9.97 Å². The lowest BCUT2D eigenvalue weighted by atomic mass is 10.1. The Morgan fingerprint density at radius 1 is 1.33 bits per heavy atom. The number of rotatable bonds is 4. The number of hydrogen-bond acceptors (Lipinski definition) is 5. The third-order valence-corrected chi connectivity index (χ3v) is 3.44. The summed E-state index contributed by atoms with van der Waals surface area (Å²) in [6.45, 7) is 1.38. The highest BCUT2D eigenvalue weighted by molar-refractivity contribution is 5.95. The molecular weight excluding hydrogens is 330 g/mol. The Kier molecular flexibility index (Phi) is 4.02. The van der Waals surface area contributed by atoms with E-state index in [1.54, 1.807) is 0 Å². The van der Waals surface area contributed by atoms with Crippen LogP contribution in [0.25, 0.3) is 11.0 Å². The number of nitrogens with zero attached hydrogens (tertiary/aromatic N) is 2. The van der Waals surface area contributed by atoms with Crippen LogP contribution in [0.4, 0.5) is 23.4 Å². The third kappa shape index (κ3) is 3.24. The fraction of sp³-hybridized carbons (Fsp3) is 0.400. The van der Waals surface area contributed by atoms with Gasteiger partial charge in [0.15, 0.2) is 23.0 Å². The standard InChI is InChI=1S/C15H13F4N3O2/c1-2-24-14(23)9-5-7-6-10(16)13(20-8-3-4-8)22-12(7)21-11(9)15(17,18)19/h5-6,8H,2-4H2,1H3,(H,20,21,22). The average Bonchev–Trinajstić information content (AvgIpc) is 3.30. The van der Waals surface area contributed by atoms with Gasteiger partial charge in [-0.05, 0) is 31.9 Å². The molecular formula is C15H13F4N3O2. The maximum absolute atomic E-state index is 14.0. The SMILES string of the molecule is CCOC(=O)c1cc2cc(F)c(NC3CC3)nc2nc1C(F)(F)F. The first-order chi connectivity index (χ1) is 11.3. The number of halogens is 4. The molecule has 128 valence electrons. The summed E-state index contributed by atoms with van der Waals surface area (Å²) < 4.78 is 58.2. The molecule has 0 bridgehead atoms. The maximum atomic E-state index is 14.0. The molecule has 1 fully saturated rings. The first-order valence-electron chi connectivity index (χ1n) is 7.31. The van der Waals surface area contributed by atoms with Crippen molar-refractivity contribution >= 4 is 22.8 Å². The van der Waals surface area contributed by atoms with Crippen molar-refractivity contribution in [1.29, 1.82) is 0 Å². The average molecular weight is 343 g/mol. The van der Waals surface area contributed by atoms with Gasteiger partial charge in [-0.15, -0.1) is 0 Å². The van der Waals surface area contributed by atoms with Crippen LogP contribution in [0.2, 0.25) is 0 Å². The summed E-state index contributed by atoms with van der Waals surface area (Å²) in [5.74, 6) is -2.03.